The third-order valence-corrected chi connectivity index (χ3v) is 4.09. The lowest BCUT2D eigenvalue weighted by Crippen LogP contribution is -2.24. The van der Waals surface area contributed by atoms with Crippen molar-refractivity contribution in [3.63, 3.8) is 0 Å². The summed E-state index contributed by atoms with van der Waals surface area (Å²) in [6.07, 6.45) is 3.74. The molecule has 0 atom stereocenters. The Balaban J connectivity index is 2.16. The average Bonchev–Trinajstić information content (AvgIpc) is 2.47. The van der Waals surface area contributed by atoms with Gasteiger partial charge < -0.3 is 13.3 Å². The molecule has 0 fully saturated rings. The van der Waals surface area contributed by atoms with Gasteiger partial charge in [-0.1, -0.05) is 12.8 Å². The largest absolute Gasteiger partial charge is 0.577 e. The van der Waals surface area contributed by atoms with E-state index in [1.807, 2.05) is 0 Å². The molecule has 1 aromatic rings. The Bertz CT molecular complexity index is 428. The Hall–Kier alpha value is -0.893. The third kappa shape index (κ3) is 6.60. The summed E-state index contributed by atoms with van der Waals surface area (Å²) in [7, 11) is 1.47. The van der Waals surface area contributed by atoms with Gasteiger partial charge in [0.15, 0.2) is 11.6 Å². The molecule has 1 radical (unpaired) electrons. The fourth-order valence-electron chi connectivity index (χ4n) is 1.88. The molecule has 119 valence electrons. The molecule has 3 nitrogen and oxygen atoms in total. The molecule has 0 saturated heterocycles. The zero-order chi connectivity index (χ0) is 15.7. The lowest BCUT2D eigenvalue weighted by atomic mass is 10.1. The summed E-state index contributed by atoms with van der Waals surface area (Å²) in [5.41, 5.74) is 0.217. The van der Waals surface area contributed by atoms with Gasteiger partial charge in [-0.05, 0) is 30.9 Å². The molecule has 1 aromatic carbocycles. The van der Waals surface area contributed by atoms with E-state index in [2.05, 4.69) is 0 Å². The van der Waals surface area contributed by atoms with Crippen LogP contribution in [0.3, 0.4) is 0 Å². The number of halogens is 3. The average molecular weight is 321 g/mol. The highest BCUT2D eigenvalue weighted by Gasteiger charge is 2.13. The number of benzene rings is 1. The second-order valence-electron chi connectivity index (χ2n) is 4.53. The normalized spacial score (nSPS) is 11.3. The molecule has 0 aliphatic carbocycles. The second kappa shape index (κ2) is 9.94. The van der Waals surface area contributed by atoms with Crippen LogP contribution in [0.15, 0.2) is 12.1 Å². The van der Waals surface area contributed by atoms with Gasteiger partial charge in [0.1, 0.15) is 5.82 Å². The Morgan fingerprint density at radius 2 is 1.48 bits per heavy atom. The van der Waals surface area contributed by atoms with Crippen LogP contribution in [0.5, 0.6) is 0 Å². The van der Waals surface area contributed by atoms with Gasteiger partial charge in [0.25, 0.3) is 0 Å². The van der Waals surface area contributed by atoms with Crippen LogP contribution in [0.25, 0.3) is 0 Å². The SMILES string of the molecule is CO[Si](OC)OCCCCCCc1cc(F)c(F)cc1F. The Morgan fingerprint density at radius 3 is 2.14 bits per heavy atom. The first-order valence-corrected chi connectivity index (χ1v) is 8.02. The van der Waals surface area contributed by atoms with Crippen LogP contribution in [0.4, 0.5) is 13.2 Å². The highest BCUT2D eigenvalue weighted by molar-refractivity contribution is 6.36. The maximum absolute atomic E-state index is 13.4. The van der Waals surface area contributed by atoms with E-state index in [1.54, 1.807) is 0 Å². The van der Waals surface area contributed by atoms with E-state index < -0.39 is 27.0 Å². The fourth-order valence-corrected chi connectivity index (χ4v) is 2.60. The summed E-state index contributed by atoms with van der Waals surface area (Å²) in [6.45, 7) is 0.551. The standard InChI is InChI=1S/C14H20F3O3Si/c1-18-21(19-2)20-8-6-4-3-5-7-11-9-13(16)14(17)10-12(11)15/h9-10H,3-8H2,1-2H3. The minimum absolute atomic E-state index is 0.217. The predicted molar refractivity (Wildman–Crippen MR) is 74.2 cm³/mol. The Kier molecular flexibility index (Phi) is 8.59. The van der Waals surface area contributed by atoms with Crippen molar-refractivity contribution in [2.24, 2.45) is 0 Å². The van der Waals surface area contributed by atoms with Crippen LogP contribution in [0.2, 0.25) is 0 Å². The highest BCUT2D eigenvalue weighted by Crippen LogP contribution is 2.16. The third-order valence-electron chi connectivity index (χ3n) is 2.98. The van der Waals surface area contributed by atoms with Crippen molar-refractivity contribution < 1.29 is 26.4 Å². The number of rotatable bonds is 10. The van der Waals surface area contributed by atoms with Crippen molar-refractivity contribution in [3.05, 3.63) is 35.1 Å². The minimum Gasteiger partial charge on any atom is -0.375 e. The zero-order valence-corrected chi connectivity index (χ0v) is 13.3. The minimum atomic E-state index is -1.60. The van der Waals surface area contributed by atoms with Crippen molar-refractivity contribution in [3.8, 4) is 0 Å². The Labute approximate surface area is 125 Å². The van der Waals surface area contributed by atoms with Crippen LogP contribution in [0, 0.1) is 17.5 Å². The topological polar surface area (TPSA) is 27.7 Å². The first-order valence-electron chi connectivity index (χ1n) is 6.79. The summed E-state index contributed by atoms with van der Waals surface area (Å²) < 4.78 is 54.4. The van der Waals surface area contributed by atoms with Gasteiger partial charge in [0.05, 0.1) is 0 Å². The molecule has 0 aromatic heterocycles. The number of hydrogen-bond acceptors (Lipinski definition) is 3. The van der Waals surface area contributed by atoms with Crippen LogP contribution < -0.4 is 0 Å². The van der Waals surface area contributed by atoms with E-state index in [0.29, 0.717) is 25.5 Å². The lowest BCUT2D eigenvalue weighted by molar-refractivity contribution is 0.133. The molecule has 0 unspecified atom stereocenters. The highest BCUT2D eigenvalue weighted by atomic mass is 28.3. The maximum Gasteiger partial charge on any atom is 0.577 e. The number of hydrogen-bond donors (Lipinski definition) is 0. The van der Waals surface area contributed by atoms with E-state index in [0.717, 1.165) is 25.3 Å². The van der Waals surface area contributed by atoms with Crippen molar-refractivity contribution in [1.29, 1.82) is 0 Å². The smallest absolute Gasteiger partial charge is 0.375 e. The molecule has 0 saturated carbocycles. The van der Waals surface area contributed by atoms with E-state index in [4.69, 9.17) is 13.3 Å². The molecule has 0 amide bonds. The van der Waals surface area contributed by atoms with Gasteiger partial charge in [-0.25, -0.2) is 13.2 Å². The molecule has 0 N–H and O–H groups in total. The van der Waals surface area contributed by atoms with E-state index in [9.17, 15) is 13.2 Å². The van der Waals surface area contributed by atoms with Crippen LogP contribution in [-0.2, 0) is 19.7 Å². The summed E-state index contributed by atoms with van der Waals surface area (Å²) in [5.74, 6) is -2.85. The first kappa shape index (κ1) is 18.2. The molecule has 0 spiro atoms. The second-order valence-corrected chi connectivity index (χ2v) is 6.13. The molecule has 0 aliphatic heterocycles. The van der Waals surface area contributed by atoms with E-state index in [1.165, 1.54) is 14.2 Å². The fraction of sp³-hybridized carbons (Fsp3) is 0.571. The number of unbranched alkanes of at least 4 members (excludes halogenated alkanes) is 3. The zero-order valence-electron chi connectivity index (χ0n) is 12.3. The summed E-state index contributed by atoms with van der Waals surface area (Å²) >= 11 is 0. The molecule has 0 heterocycles. The quantitative estimate of drug-likeness (QED) is 0.375. The van der Waals surface area contributed by atoms with E-state index in [-0.39, 0.29) is 5.56 Å². The van der Waals surface area contributed by atoms with Crippen molar-refractivity contribution >= 4 is 9.53 Å². The Morgan fingerprint density at radius 1 is 0.857 bits per heavy atom. The molecule has 0 bridgehead atoms. The molecule has 21 heavy (non-hydrogen) atoms. The summed E-state index contributed by atoms with van der Waals surface area (Å²) in [6, 6.07) is 1.52. The van der Waals surface area contributed by atoms with Crippen molar-refractivity contribution in [2.75, 3.05) is 20.8 Å². The number of aryl methyl sites for hydroxylation is 1. The van der Waals surface area contributed by atoms with Gasteiger partial charge in [0, 0.05) is 26.9 Å². The van der Waals surface area contributed by atoms with Gasteiger partial charge in [-0.15, -0.1) is 0 Å². The van der Waals surface area contributed by atoms with Gasteiger partial charge >= 0.3 is 9.53 Å². The first-order chi connectivity index (χ1) is 10.1. The molecule has 0 aliphatic rings. The maximum atomic E-state index is 13.4. The summed E-state index contributed by atoms with van der Waals surface area (Å²) in [5, 5.41) is 0. The van der Waals surface area contributed by atoms with Crippen LogP contribution in [-0.4, -0.2) is 30.4 Å². The lowest BCUT2D eigenvalue weighted by Gasteiger charge is -2.09. The molecule has 1 rings (SSSR count). The monoisotopic (exact) mass is 321 g/mol. The van der Waals surface area contributed by atoms with Crippen molar-refractivity contribution in [2.45, 2.75) is 32.1 Å². The van der Waals surface area contributed by atoms with Crippen molar-refractivity contribution in [1.82, 2.24) is 0 Å². The molecular formula is C14H20F3O3Si. The van der Waals surface area contributed by atoms with Crippen LogP contribution in [0.1, 0.15) is 31.2 Å². The summed E-state index contributed by atoms with van der Waals surface area (Å²) in [4.78, 5) is 0. The predicted octanol–water partition coefficient (Wildman–Crippen LogP) is 3.50. The van der Waals surface area contributed by atoms with Gasteiger partial charge in [-0.2, -0.15) is 0 Å². The molecular weight excluding hydrogens is 301 g/mol. The molecule has 7 heteroatoms. The van der Waals surface area contributed by atoms with Crippen LogP contribution >= 0.6 is 0 Å². The van der Waals surface area contributed by atoms with Gasteiger partial charge in [-0.3, -0.25) is 0 Å². The van der Waals surface area contributed by atoms with Gasteiger partial charge in [0.2, 0.25) is 0 Å². The van der Waals surface area contributed by atoms with E-state index >= 15 is 0 Å².